The molecule has 0 fully saturated rings. The van der Waals surface area contributed by atoms with E-state index in [2.05, 4.69) is 48.6 Å². The highest BCUT2D eigenvalue weighted by molar-refractivity contribution is 5.79. The molecule has 0 saturated carbocycles. The Labute approximate surface area is 129 Å². The van der Waals surface area contributed by atoms with Gasteiger partial charge in [0.15, 0.2) is 5.96 Å². The average Bonchev–Trinajstić information content (AvgIpc) is 2.37. The number of carbonyl (C=O) groups excluding carboxylic acids is 1. The van der Waals surface area contributed by atoms with Crippen LogP contribution in [0.5, 0.6) is 0 Å². The van der Waals surface area contributed by atoms with Gasteiger partial charge in [0.1, 0.15) is 0 Å². The maximum absolute atomic E-state index is 11.6. The van der Waals surface area contributed by atoms with Crippen LogP contribution in [0.1, 0.15) is 41.0 Å². The number of amides is 1. The number of hydrogen-bond donors (Lipinski definition) is 3. The Morgan fingerprint density at radius 3 is 2.19 bits per heavy atom. The lowest BCUT2D eigenvalue weighted by Gasteiger charge is -2.22. The molecule has 0 aromatic rings. The average molecular weight is 300 g/mol. The number of nitrogens with one attached hydrogen (secondary N) is 3. The maximum atomic E-state index is 11.6. The van der Waals surface area contributed by atoms with Crippen LogP contribution in [0.4, 0.5) is 4.79 Å². The fraction of sp³-hybridized carbons (Fsp3) is 0.867. The van der Waals surface area contributed by atoms with E-state index in [1.165, 1.54) is 0 Å². The molecule has 0 aromatic carbocycles. The van der Waals surface area contributed by atoms with Crippen LogP contribution in [0, 0.1) is 11.8 Å². The minimum atomic E-state index is -0.366. The Balaban J connectivity index is 4.34. The second kappa shape index (κ2) is 11.2. The van der Waals surface area contributed by atoms with Gasteiger partial charge in [-0.15, -0.1) is 0 Å². The second-order valence-corrected chi connectivity index (χ2v) is 5.92. The monoisotopic (exact) mass is 300 g/mol. The minimum Gasteiger partial charge on any atom is -0.450 e. The molecular formula is C15H32N4O2. The van der Waals surface area contributed by atoms with Crippen molar-refractivity contribution in [2.24, 2.45) is 16.8 Å². The molecular weight excluding hydrogens is 268 g/mol. The number of rotatable bonds is 8. The van der Waals surface area contributed by atoms with Gasteiger partial charge in [-0.1, -0.05) is 27.7 Å². The Bertz CT molecular complexity index is 317. The highest BCUT2D eigenvalue weighted by atomic mass is 16.5. The number of alkyl carbamates (subject to hydrolysis) is 1. The molecule has 6 heteroatoms. The van der Waals surface area contributed by atoms with Gasteiger partial charge >= 0.3 is 6.09 Å². The predicted octanol–water partition coefficient (Wildman–Crippen LogP) is 1.97. The lowest BCUT2D eigenvalue weighted by Crippen LogP contribution is -2.48. The van der Waals surface area contributed by atoms with Crippen molar-refractivity contribution in [1.82, 2.24) is 16.0 Å². The summed E-state index contributed by atoms with van der Waals surface area (Å²) in [5, 5.41) is 9.38. The van der Waals surface area contributed by atoms with Gasteiger partial charge in [-0.25, -0.2) is 4.79 Å². The molecule has 1 unspecified atom stereocenters. The van der Waals surface area contributed by atoms with Gasteiger partial charge in [0.2, 0.25) is 0 Å². The summed E-state index contributed by atoms with van der Waals surface area (Å²) in [7, 11) is 1.74. The van der Waals surface area contributed by atoms with Gasteiger partial charge in [0, 0.05) is 26.2 Å². The summed E-state index contributed by atoms with van der Waals surface area (Å²) in [5.74, 6) is 1.79. The lowest BCUT2D eigenvalue weighted by atomic mass is 10.0. The zero-order chi connectivity index (χ0) is 16.3. The smallest absolute Gasteiger partial charge is 0.407 e. The zero-order valence-corrected chi connectivity index (χ0v) is 14.3. The fourth-order valence-corrected chi connectivity index (χ4v) is 1.84. The zero-order valence-electron chi connectivity index (χ0n) is 14.3. The molecule has 0 bridgehead atoms. The molecule has 0 radical (unpaired) electrons. The Kier molecular flexibility index (Phi) is 10.4. The van der Waals surface area contributed by atoms with Crippen molar-refractivity contribution in [3.63, 3.8) is 0 Å². The minimum absolute atomic E-state index is 0.0154. The van der Waals surface area contributed by atoms with E-state index in [1.54, 1.807) is 14.0 Å². The van der Waals surface area contributed by atoms with Crippen molar-refractivity contribution in [3.8, 4) is 0 Å². The lowest BCUT2D eigenvalue weighted by molar-refractivity contribution is 0.146. The molecule has 0 heterocycles. The van der Waals surface area contributed by atoms with Gasteiger partial charge in [-0.3, -0.25) is 4.99 Å². The van der Waals surface area contributed by atoms with E-state index in [-0.39, 0.29) is 12.1 Å². The standard InChI is InChI=1S/C15H32N4O2/c1-7-21-15(20)19-13(8-11(2)3)10-18-14(16-6)17-9-12(4)5/h11-13H,7-10H2,1-6H3,(H,19,20)(H2,16,17,18). The van der Waals surface area contributed by atoms with Gasteiger partial charge in [0.25, 0.3) is 0 Å². The van der Waals surface area contributed by atoms with Crippen molar-refractivity contribution in [2.75, 3.05) is 26.7 Å². The quantitative estimate of drug-likeness (QED) is 0.473. The number of carbonyl (C=O) groups is 1. The molecule has 0 spiro atoms. The summed E-state index contributed by atoms with van der Waals surface area (Å²) in [6.45, 7) is 12.2. The van der Waals surface area contributed by atoms with E-state index in [0.717, 1.165) is 18.9 Å². The van der Waals surface area contributed by atoms with Crippen LogP contribution < -0.4 is 16.0 Å². The van der Waals surface area contributed by atoms with Crippen molar-refractivity contribution >= 4 is 12.1 Å². The molecule has 1 atom stereocenters. The SMILES string of the molecule is CCOC(=O)NC(CNC(=NC)NCC(C)C)CC(C)C. The van der Waals surface area contributed by atoms with Crippen molar-refractivity contribution in [1.29, 1.82) is 0 Å². The summed E-state index contributed by atoms with van der Waals surface area (Å²) in [6, 6.07) is 0.0154. The summed E-state index contributed by atoms with van der Waals surface area (Å²) >= 11 is 0. The van der Waals surface area contributed by atoms with Gasteiger partial charge < -0.3 is 20.7 Å². The molecule has 3 N–H and O–H groups in total. The fourth-order valence-electron chi connectivity index (χ4n) is 1.84. The number of hydrogen-bond acceptors (Lipinski definition) is 3. The summed E-state index contributed by atoms with van der Waals surface area (Å²) in [6.07, 6.45) is 0.516. The molecule has 6 nitrogen and oxygen atoms in total. The first-order valence-corrected chi connectivity index (χ1v) is 7.76. The van der Waals surface area contributed by atoms with E-state index in [0.29, 0.717) is 25.0 Å². The summed E-state index contributed by atoms with van der Waals surface area (Å²) < 4.78 is 4.94. The van der Waals surface area contributed by atoms with Crippen LogP contribution in [-0.4, -0.2) is 44.8 Å². The van der Waals surface area contributed by atoms with Crippen molar-refractivity contribution < 1.29 is 9.53 Å². The first-order valence-electron chi connectivity index (χ1n) is 7.76. The van der Waals surface area contributed by atoms with Crippen LogP contribution in [0.15, 0.2) is 4.99 Å². The number of aliphatic imine (C=N–C) groups is 1. The number of nitrogens with zero attached hydrogens (tertiary/aromatic N) is 1. The van der Waals surface area contributed by atoms with E-state index in [9.17, 15) is 4.79 Å². The van der Waals surface area contributed by atoms with Gasteiger partial charge in [0.05, 0.1) is 6.61 Å². The topological polar surface area (TPSA) is 74.8 Å². The van der Waals surface area contributed by atoms with E-state index in [4.69, 9.17) is 4.74 Å². The molecule has 0 rings (SSSR count). The first-order chi connectivity index (χ1) is 9.88. The molecule has 0 aromatic heterocycles. The molecule has 0 aliphatic rings. The molecule has 0 aliphatic carbocycles. The molecule has 124 valence electrons. The number of ether oxygens (including phenoxy) is 1. The number of guanidine groups is 1. The first kappa shape index (κ1) is 19.5. The highest BCUT2D eigenvalue weighted by Gasteiger charge is 2.15. The molecule has 1 amide bonds. The molecule has 0 aliphatic heterocycles. The maximum Gasteiger partial charge on any atom is 0.407 e. The predicted molar refractivity (Wildman–Crippen MR) is 87.6 cm³/mol. The molecule has 0 saturated heterocycles. The van der Waals surface area contributed by atoms with Crippen molar-refractivity contribution in [3.05, 3.63) is 0 Å². The van der Waals surface area contributed by atoms with Crippen LogP contribution >= 0.6 is 0 Å². The Hall–Kier alpha value is -1.46. The van der Waals surface area contributed by atoms with E-state index >= 15 is 0 Å². The van der Waals surface area contributed by atoms with Crippen LogP contribution in [0.3, 0.4) is 0 Å². The Morgan fingerprint density at radius 1 is 1.10 bits per heavy atom. The van der Waals surface area contributed by atoms with Gasteiger partial charge in [-0.05, 0) is 25.2 Å². The van der Waals surface area contributed by atoms with Crippen LogP contribution in [-0.2, 0) is 4.74 Å². The van der Waals surface area contributed by atoms with Crippen LogP contribution in [0.2, 0.25) is 0 Å². The third-order valence-electron chi connectivity index (χ3n) is 2.77. The third kappa shape index (κ3) is 10.9. The van der Waals surface area contributed by atoms with Gasteiger partial charge in [-0.2, -0.15) is 0 Å². The normalized spacial score (nSPS) is 13.2. The third-order valence-corrected chi connectivity index (χ3v) is 2.77. The van der Waals surface area contributed by atoms with Crippen molar-refractivity contribution in [2.45, 2.75) is 47.1 Å². The van der Waals surface area contributed by atoms with E-state index in [1.807, 2.05) is 0 Å². The largest absolute Gasteiger partial charge is 0.450 e. The second-order valence-electron chi connectivity index (χ2n) is 5.92. The summed E-state index contributed by atoms with van der Waals surface area (Å²) in [4.78, 5) is 15.7. The summed E-state index contributed by atoms with van der Waals surface area (Å²) in [5.41, 5.74) is 0. The van der Waals surface area contributed by atoms with E-state index < -0.39 is 0 Å². The Morgan fingerprint density at radius 2 is 1.71 bits per heavy atom. The van der Waals surface area contributed by atoms with Crippen LogP contribution in [0.25, 0.3) is 0 Å². The highest BCUT2D eigenvalue weighted by Crippen LogP contribution is 2.04. The molecule has 21 heavy (non-hydrogen) atoms.